The number of nitrogens with zero attached hydrogens (tertiary/aromatic N) is 3. The molecule has 1 unspecified atom stereocenters. The van der Waals surface area contributed by atoms with E-state index in [0.29, 0.717) is 37.4 Å². The Morgan fingerprint density at radius 2 is 1.68 bits per heavy atom. The highest BCUT2D eigenvalue weighted by molar-refractivity contribution is 5.60. The topological polar surface area (TPSA) is 108 Å². The first kappa shape index (κ1) is 29.0. The first-order valence-electron chi connectivity index (χ1n) is 14.2. The Balaban J connectivity index is 1.51. The molecule has 9 heteroatoms. The first-order chi connectivity index (χ1) is 19.5. The minimum absolute atomic E-state index is 0.00759. The van der Waals surface area contributed by atoms with Crippen LogP contribution in [0.15, 0.2) is 77.4 Å². The molecule has 2 N–H and O–H groups in total. The van der Waals surface area contributed by atoms with Crippen LogP contribution in [0.25, 0.3) is 0 Å². The van der Waals surface area contributed by atoms with Gasteiger partial charge in [0.05, 0.1) is 22.2 Å². The first-order valence-corrected chi connectivity index (χ1v) is 14.2. The van der Waals surface area contributed by atoms with Crippen LogP contribution in [0.5, 0.6) is 0 Å². The summed E-state index contributed by atoms with van der Waals surface area (Å²) in [4.78, 5) is 39.2. The molecule has 212 valence electrons. The molecule has 9 nitrogen and oxygen atoms in total. The number of nitro groups is 1. The Morgan fingerprint density at radius 1 is 1.00 bits per heavy atom. The van der Waals surface area contributed by atoms with Crippen LogP contribution in [0.4, 0.5) is 5.69 Å². The Morgan fingerprint density at radius 3 is 2.25 bits per heavy atom. The van der Waals surface area contributed by atoms with Crippen LogP contribution in [-0.4, -0.2) is 53.7 Å². The summed E-state index contributed by atoms with van der Waals surface area (Å²) in [6.07, 6.45) is 5.88. The quantitative estimate of drug-likeness (QED) is 0.208. The van der Waals surface area contributed by atoms with Gasteiger partial charge in [0.15, 0.2) is 0 Å². The van der Waals surface area contributed by atoms with E-state index < -0.39 is 10.8 Å². The summed E-state index contributed by atoms with van der Waals surface area (Å²) in [5.74, 6) is 0.157. The molecule has 0 saturated carbocycles. The van der Waals surface area contributed by atoms with Gasteiger partial charge in [-0.05, 0) is 68.8 Å². The predicted octanol–water partition coefficient (Wildman–Crippen LogP) is 5.00. The highest BCUT2D eigenvalue weighted by Crippen LogP contribution is 2.40. The van der Waals surface area contributed by atoms with Crippen molar-refractivity contribution in [2.75, 3.05) is 26.2 Å². The molecule has 0 aliphatic carbocycles. The summed E-state index contributed by atoms with van der Waals surface area (Å²) in [5.41, 5.74) is 5.39. The van der Waals surface area contributed by atoms with Gasteiger partial charge in [-0.1, -0.05) is 56.3 Å². The summed E-state index contributed by atoms with van der Waals surface area (Å²) in [5, 5.41) is 17.6. The summed E-state index contributed by atoms with van der Waals surface area (Å²) < 4.78 is 0. The third-order valence-electron chi connectivity index (χ3n) is 8.03. The van der Waals surface area contributed by atoms with E-state index in [1.807, 2.05) is 13.8 Å². The number of rotatable bonds is 13. The number of benzene rings is 2. The molecule has 0 bridgehead atoms. The second-order valence-electron chi connectivity index (χ2n) is 10.3. The lowest BCUT2D eigenvalue weighted by atomic mass is 9.85. The Kier molecular flexibility index (Phi) is 10.1. The summed E-state index contributed by atoms with van der Waals surface area (Å²) in [6, 6.07) is 17.1. The maximum Gasteiger partial charge on any atom is 0.269 e. The lowest BCUT2D eigenvalue weighted by Gasteiger charge is -2.38. The SMILES string of the molecule is CCC1=C(NC=O)C(c2ccc([N+](=O)[O-])cc2)C(N(C=O)CCCN2CCC(c3ccccc3)CC2)=C(CC)N1. The van der Waals surface area contributed by atoms with E-state index in [-0.39, 0.29) is 5.69 Å². The van der Waals surface area contributed by atoms with Crippen molar-refractivity contribution in [2.45, 2.75) is 57.8 Å². The molecule has 2 aliphatic heterocycles. The van der Waals surface area contributed by atoms with Gasteiger partial charge in [-0.25, -0.2) is 0 Å². The van der Waals surface area contributed by atoms with Gasteiger partial charge in [-0.3, -0.25) is 19.7 Å². The van der Waals surface area contributed by atoms with Gasteiger partial charge in [0.2, 0.25) is 12.8 Å². The van der Waals surface area contributed by atoms with Gasteiger partial charge in [0.1, 0.15) is 0 Å². The number of carbonyl (C=O) groups is 2. The fourth-order valence-electron chi connectivity index (χ4n) is 5.94. The van der Waals surface area contributed by atoms with Crippen molar-refractivity contribution in [3.8, 4) is 0 Å². The van der Waals surface area contributed by atoms with Crippen LogP contribution in [0.3, 0.4) is 0 Å². The average Bonchev–Trinajstić information content (AvgIpc) is 3.00. The number of hydrogen-bond donors (Lipinski definition) is 2. The number of allylic oxidation sites excluding steroid dienone is 2. The van der Waals surface area contributed by atoms with Gasteiger partial charge in [-0.15, -0.1) is 0 Å². The van der Waals surface area contributed by atoms with Gasteiger partial charge < -0.3 is 20.4 Å². The summed E-state index contributed by atoms with van der Waals surface area (Å²) in [7, 11) is 0. The third-order valence-corrected chi connectivity index (χ3v) is 8.03. The lowest BCUT2D eigenvalue weighted by molar-refractivity contribution is -0.384. The summed E-state index contributed by atoms with van der Waals surface area (Å²) >= 11 is 0. The largest absolute Gasteiger partial charge is 0.359 e. The molecule has 0 aromatic heterocycles. The maximum atomic E-state index is 12.5. The molecule has 2 aromatic rings. The highest BCUT2D eigenvalue weighted by atomic mass is 16.6. The molecule has 1 atom stereocenters. The number of nitro benzene ring substituents is 1. The van der Waals surface area contributed by atoms with Crippen LogP contribution in [-0.2, 0) is 9.59 Å². The minimum Gasteiger partial charge on any atom is -0.359 e. The molecule has 1 fully saturated rings. The zero-order valence-corrected chi connectivity index (χ0v) is 23.3. The molecule has 0 radical (unpaired) electrons. The van der Waals surface area contributed by atoms with E-state index in [0.717, 1.165) is 68.0 Å². The molecule has 0 spiro atoms. The normalized spacial score (nSPS) is 18.3. The number of carbonyl (C=O) groups excluding carboxylic acids is 2. The molecule has 4 rings (SSSR count). The molecular formula is C31H39N5O4. The Bertz CT molecular complexity index is 1230. The number of piperidine rings is 1. The standard InChI is InChI=1S/C31H39N5O4/c1-3-27-30(32-21-37)29(25-11-13-26(14-12-25)36(39)40)31(28(4-2)33-27)35(22-38)18-8-17-34-19-15-24(16-20-34)23-9-6-5-7-10-23/h5-7,9-14,21-22,24,29,33H,3-4,8,15-20H2,1-2H3,(H,32,37). The minimum atomic E-state index is -0.441. The highest BCUT2D eigenvalue weighted by Gasteiger charge is 2.34. The van der Waals surface area contributed by atoms with Gasteiger partial charge in [-0.2, -0.15) is 0 Å². The number of nitrogens with one attached hydrogen (secondary N) is 2. The van der Waals surface area contributed by atoms with E-state index >= 15 is 0 Å². The van der Waals surface area contributed by atoms with Crippen LogP contribution < -0.4 is 10.6 Å². The molecular weight excluding hydrogens is 506 g/mol. The van der Waals surface area contributed by atoms with E-state index in [1.54, 1.807) is 17.0 Å². The zero-order chi connectivity index (χ0) is 28.5. The van der Waals surface area contributed by atoms with Crippen molar-refractivity contribution in [2.24, 2.45) is 0 Å². The average molecular weight is 546 g/mol. The lowest BCUT2D eigenvalue weighted by Crippen LogP contribution is -2.40. The van der Waals surface area contributed by atoms with E-state index in [1.165, 1.54) is 17.7 Å². The molecule has 2 aliphatic rings. The van der Waals surface area contributed by atoms with Crippen molar-refractivity contribution in [3.05, 3.63) is 98.6 Å². The van der Waals surface area contributed by atoms with Crippen LogP contribution in [0, 0.1) is 10.1 Å². The van der Waals surface area contributed by atoms with Gasteiger partial charge in [0.25, 0.3) is 5.69 Å². The van der Waals surface area contributed by atoms with Crippen molar-refractivity contribution >= 4 is 18.5 Å². The van der Waals surface area contributed by atoms with Crippen LogP contribution in [0.1, 0.15) is 68.9 Å². The fourth-order valence-corrected chi connectivity index (χ4v) is 5.94. The smallest absolute Gasteiger partial charge is 0.269 e. The molecule has 1 saturated heterocycles. The monoisotopic (exact) mass is 545 g/mol. The zero-order valence-electron chi connectivity index (χ0n) is 23.3. The number of likely N-dealkylation sites (tertiary alicyclic amines) is 1. The Labute approximate surface area is 236 Å². The van der Waals surface area contributed by atoms with Crippen molar-refractivity contribution in [1.82, 2.24) is 20.4 Å². The maximum absolute atomic E-state index is 12.5. The van der Waals surface area contributed by atoms with Crippen LogP contribution in [0.2, 0.25) is 0 Å². The molecule has 2 amide bonds. The second-order valence-corrected chi connectivity index (χ2v) is 10.3. The second kappa shape index (κ2) is 13.9. The molecule has 2 heterocycles. The number of non-ortho nitro benzene ring substituents is 1. The fraction of sp³-hybridized carbons (Fsp3) is 0.419. The van der Waals surface area contributed by atoms with Crippen molar-refractivity contribution < 1.29 is 14.5 Å². The van der Waals surface area contributed by atoms with Gasteiger partial charge in [0, 0.05) is 30.1 Å². The van der Waals surface area contributed by atoms with E-state index in [2.05, 4.69) is 45.9 Å². The predicted molar refractivity (Wildman–Crippen MR) is 155 cm³/mol. The van der Waals surface area contributed by atoms with Crippen molar-refractivity contribution in [1.29, 1.82) is 0 Å². The van der Waals surface area contributed by atoms with E-state index in [9.17, 15) is 19.7 Å². The van der Waals surface area contributed by atoms with Crippen molar-refractivity contribution in [3.63, 3.8) is 0 Å². The number of dihydropyridines is 1. The summed E-state index contributed by atoms with van der Waals surface area (Å²) in [6.45, 7) is 7.52. The third kappa shape index (κ3) is 6.59. The van der Waals surface area contributed by atoms with Gasteiger partial charge >= 0.3 is 0 Å². The van der Waals surface area contributed by atoms with E-state index in [4.69, 9.17) is 0 Å². The molecule has 40 heavy (non-hydrogen) atoms. The number of amides is 2. The Hall–Kier alpha value is -3.98. The van der Waals surface area contributed by atoms with Crippen LogP contribution >= 0.6 is 0 Å². The molecule has 2 aromatic carbocycles. The number of hydrogen-bond acceptors (Lipinski definition) is 6.